The van der Waals surface area contributed by atoms with Crippen LogP contribution in [0.25, 0.3) is 0 Å². The fourth-order valence-electron chi connectivity index (χ4n) is 1.44. The molecule has 0 aliphatic rings. The molecule has 0 saturated heterocycles. The number of sulfonamides is 1. The average molecular weight is 297 g/mol. The van der Waals surface area contributed by atoms with Gasteiger partial charge in [0.15, 0.2) is 0 Å². The van der Waals surface area contributed by atoms with Crippen LogP contribution in [0.15, 0.2) is 29.2 Å². The van der Waals surface area contributed by atoms with Crippen LogP contribution in [0.3, 0.4) is 0 Å². The molecule has 0 aliphatic carbocycles. The summed E-state index contributed by atoms with van der Waals surface area (Å²) in [5.41, 5.74) is 0.719. The third kappa shape index (κ3) is 5.72. The van der Waals surface area contributed by atoms with E-state index in [1.165, 1.54) is 12.1 Å². The predicted molar refractivity (Wildman–Crippen MR) is 76.7 cm³/mol. The van der Waals surface area contributed by atoms with Crippen molar-refractivity contribution in [3.63, 3.8) is 0 Å². The highest BCUT2D eigenvalue weighted by Crippen LogP contribution is 2.09. The molecule has 20 heavy (non-hydrogen) atoms. The van der Waals surface area contributed by atoms with Gasteiger partial charge in [-0.25, -0.2) is 13.1 Å². The van der Waals surface area contributed by atoms with Crippen molar-refractivity contribution in [3.05, 3.63) is 29.8 Å². The number of hydrogen-bond acceptors (Lipinski definition) is 4. The standard InChI is InChI=1S/C14H19NO4S/c1-19-12-4-10-15-20(17,18)14-8-6-13(7-9-14)5-2-3-11-16/h6-9,15-16H,3-4,10-12H2,1H3. The highest BCUT2D eigenvalue weighted by atomic mass is 32.2. The van der Waals surface area contributed by atoms with E-state index in [-0.39, 0.29) is 11.5 Å². The maximum Gasteiger partial charge on any atom is 0.240 e. The first kappa shape index (κ1) is 16.7. The number of hydrogen-bond donors (Lipinski definition) is 2. The van der Waals surface area contributed by atoms with Crippen LogP contribution in [0.5, 0.6) is 0 Å². The molecule has 6 heteroatoms. The molecule has 0 spiro atoms. The Bertz CT molecular complexity index is 555. The zero-order chi connectivity index (χ0) is 14.8. The van der Waals surface area contributed by atoms with Gasteiger partial charge in [-0.1, -0.05) is 11.8 Å². The summed E-state index contributed by atoms with van der Waals surface area (Å²) in [5.74, 6) is 5.62. The lowest BCUT2D eigenvalue weighted by atomic mass is 10.2. The van der Waals surface area contributed by atoms with Crippen LogP contribution in [0.2, 0.25) is 0 Å². The van der Waals surface area contributed by atoms with Crippen LogP contribution >= 0.6 is 0 Å². The number of nitrogens with one attached hydrogen (secondary N) is 1. The van der Waals surface area contributed by atoms with Crippen molar-refractivity contribution in [1.82, 2.24) is 4.72 Å². The SMILES string of the molecule is COCCCNS(=O)(=O)c1ccc(C#CCCO)cc1. The van der Waals surface area contributed by atoms with Gasteiger partial charge < -0.3 is 9.84 Å². The van der Waals surface area contributed by atoms with E-state index < -0.39 is 10.0 Å². The topological polar surface area (TPSA) is 75.6 Å². The van der Waals surface area contributed by atoms with Crippen LogP contribution in [-0.2, 0) is 14.8 Å². The molecule has 0 radical (unpaired) electrons. The molecule has 2 N–H and O–H groups in total. The number of ether oxygens (including phenoxy) is 1. The van der Waals surface area contributed by atoms with Crippen molar-refractivity contribution in [2.24, 2.45) is 0 Å². The normalized spacial score (nSPS) is 10.9. The first-order valence-corrected chi connectivity index (χ1v) is 7.77. The summed E-state index contributed by atoms with van der Waals surface area (Å²) < 4.78 is 31.3. The Labute approximate surface area is 120 Å². The van der Waals surface area contributed by atoms with Gasteiger partial charge in [0, 0.05) is 32.2 Å². The van der Waals surface area contributed by atoms with E-state index in [0.29, 0.717) is 26.0 Å². The first-order chi connectivity index (χ1) is 9.60. The minimum absolute atomic E-state index is 0.0187. The lowest BCUT2D eigenvalue weighted by Gasteiger charge is -2.06. The number of rotatable bonds is 7. The van der Waals surface area contributed by atoms with Crippen LogP contribution in [0.1, 0.15) is 18.4 Å². The van der Waals surface area contributed by atoms with Gasteiger partial charge in [0.1, 0.15) is 0 Å². The molecule has 1 aromatic carbocycles. The van der Waals surface area contributed by atoms with Crippen LogP contribution < -0.4 is 4.72 Å². The molecule has 0 bridgehead atoms. The fourth-order valence-corrected chi connectivity index (χ4v) is 2.52. The third-order valence-corrected chi connectivity index (χ3v) is 3.93. The Morgan fingerprint density at radius 2 is 2.00 bits per heavy atom. The number of methoxy groups -OCH3 is 1. The second kappa shape index (κ2) is 8.72. The Morgan fingerprint density at radius 1 is 1.30 bits per heavy atom. The first-order valence-electron chi connectivity index (χ1n) is 6.28. The van der Waals surface area contributed by atoms with Crippen molar-refractivity contribution in [3.8, 4) is 11.8 Å². The van der Waals surface area contributed by atoms with Gasteiger partial charge in [0.2, 0.25) is 10.0 Å². The summed E-state index contributed by atoms with van der Waals surface area (Å²) in [6.07, 6.45) is 1.03. The van der Waals surface area contributed by atoms with Crippen molar-refractivity contribution in [2.45, 2.75) is 17.7 Å². The second-order valence-corrected chi connectivity index (χ2v) is 5.81. The molecular formula is C14H19NO4S. The quantitative estimate of drug-likeness (QED) is 0.575. The summed E-state index contributed by atoms with van der Waals surface area (Å²) >= 11 is 0. The van der Waals surface area contributed by atoms with E-state index >= 15 is 0 Å². The molecular weight excluding hydrogens is 278 g/mol. The van der Waals surface area contributed by atoms with Crippen molar-refractivity contribution in [2.75, 3.05) is 26.9 Å². The van der Waals surface area contributed by atoms with Crippen LogP contribution in [0, 0.1) is 11.8 Å². The van der Waals surface area contributed by atoms with Crippen molar-refractivity contribution in [1.29, 1.82) is 0 Å². The van der Waals surface area contributed by atoms with E-state index in [4.69, 9.17) is 9.84 Å². The predicted octanol–water partition coefficient (Wildman–Crippen LogP) is 0.735. The highest BCUT2D eigenvalue weighted by Gasteiger charge is 2.12. The Hall–Kier alpha value is -1.39. The van der Waals surface area contributed by atoms with Gasteiger partial charge in [-0.3, -0.25) is 0 Å². The molecule has 1 rings (SSSR count). The molecule has 0 amide bonds. The Kier molecular flexibility index (Phi) is 7.26. The van der Waals surface area contributed by atoms with Gasteiger partial charge in [0.25, 0.3) is 0 Å². The maximum atomic E-state index is 11.9. The summed E-state index contributed by atoms with van der Waals surface area (Å²) in [7, 11) is -1.90. The van der Waals surface area contributed by atoms with Gasteiger partial charge in [-0.15, -0.1) is 0 Å². The van der Waals surface area contributed by atoms with Gasteiger partial charge in [-0.05, 0) is 30.7 Å². The summed E-state index contributed by atoms with van der Waals surface area (Å²) in [4.78, 5) is 0.211. The molecule has 0 fully saturated rings. The minimum atomic E-state index is -3.48. The molecule has 1 aromatic rings. The smallest absolute Gasteiger partial charge is 0.240 e. The van der Waals surface area contributed by atoms with E-state index in [1.807, 2.05) is 0 Å². The van der Waals surface area contributed by atoms with Crippen LogP contribution in [0.4, 0.5) is 0 Å². The summed E-state index contributed by atoms with van der Waals surface area (Å²) in [6.45, 7) is 0.876. The lowest BCUT2D eigenvalue weighted by Crippen LogP contribution is -2.25. The van der Waals surface area contributed by atoms with E-state index in [2.05, 4.69) is 16.6 Å². The maximum absolute atomic E-state index is 11.9. The monoisotopic (exact) mass is 297 g/mol. The number of aliphatic hydroxyl groups excluding tert-OH is 1. The van der Waals surface area contributed by atoms with E-state index in [9.17, 15) is 8.42 Å². The Balaban J connectivity index is 2.65. The third-order valence-electron chi connectivity index (χ3n) is 2.45. The van der Waals surface area contributed by atoms with E-state index in [0.717, 1.165) is 5.56 Å². The fraction of sp³-hybridized carbons (Fsp3) is 0.429. The van der Waals surface area contributed by atoms with E-state index in [1.54, 1.807) is 19.2 Å². The zero-order valence-electron chi connectivity index (χ0n) is 11.4. The van der Waals surface area contributed by atoms with Gasteiger partial charge in [-0.2, -0.15) is 0 Å². The minimum Gasteiger partial charge on any atom is -0.395 e. The van der Waals surface area contributed by atoms with Crippen molar-refractivity contribution < 1.29 is 18.3 Å². The Morgan fingerprint density at radius 3 is 2.60 bits per heavy atom. The molecule has 0 saturated carbocycles. The molecule has 0 aliphatic heterocycles. The van der Waals surface area contributed by atoms with Gasteiger partial charge >= 0.3 is 0 Å². The van der Waals surface area contributed by atoms with Crippen LogP contribution in [-0.4, -0.2) is 40.4 Å². The molecule has 110 valence electrons. The number of aliphatic hydroxyl groups is 1. The number of benzene rings is 1. The van der Waals surface area contributed by atoms with Gasteiger partial charge in [0.05, 0.1) is 11.5 Å². The average Bonchev–Trinajstić information content (AvgIpc) is 2.45. The summed E-state index contributed by atoms with van der Waals surface area (Å²) in [6, 6.07) is 6.32. The highest BCUT2D eigenvalue weighted by molar-refractivity contribution is 7.89. The molecule has 0 atom stereocenters. The largest absolute Gasteiger partial charge is 0.395 e. The second-order valence-electron chi connectivity index (χ2n) is 4.04. The summed E-state index contributed by atoms with van der Waals surface area (Å²) in [5, 5.41) is 8.62. The lowest BCUT2D eigenvalue weighted by molar-refractivity contribution is 0.196. The molecule has 0 heterocycles. The molecule has 0 unspecified atom stereocenters. The zero-order valence-corrected chi connectivity index (χ0v) is 12.2. The molecule has 5 nitrogen and oxygen atoms in total. The van der Waals surface area contributed by atoms with Crippen molar-refractivity contribution >= 4 is 10.0 Å². The molecule has 0 aromatic heterocycles.